The molecule has 100 valence electrons. The summed E-state index contributed by atoms with van der Waals surface area (Å²) in [6.07, 6.45) is 0. The van der Waals surface area contributed by atoms with Crippen molar-refractivity contribution in [2.45, 2.75) is 6.61 Å². The Bertz CT molecular complexity index is 595. The molecule has 0 bridgehead atoms. The first-order valence-electron chi connectivity index (χ1n) is 5.37. The van der Waals surface area contributed by atoms with Crippen LogP contribution in [-0.4, -0.2) is 12.4 Å². The lowest BCUT2D eigenvalue weighted by molar-refractivity contribution is 0.0725. The minimum atomic E-state index is -0.0270. The van der Waals surface area contributed by atoms with Gasteiger partial charge >= 0.3 is 0 Å². The van der Waals surface area contributed by atoms with Gasteiger partial charge in [0.05, 0.1) is 14.2 Å². The molecule has 0 unspecified atom stereocenters. The highest BCUT2D eigenvalue weighted by Crippen LogP contribution is 2.32. The van der Waals surface area contributed by atoms with E-state index in [9.17, 15) is 4.79 Å². The molecule has 0 saturated heterocycles. The average molecular weight is 469 g/mol. The van der Waals surface area contributed by atoms with Crippen LogP contribution in [0.2, 0.25) is 0 Å². The molecule has 1 aromatic carbocycles. The Morgan fingerprint density at radius 1 is 1.21 bits per heavy atom. The Balaban J connectivity index is 1.91. The Labute approximate surface area is 140 Å². The highest BCUT2D eigenvalue weighted by molar-refractivity contribution is 9.12. The van der Waals surface area contributed by atoms with Gasteiger partial charge in [0.15, 0.2) is 5.78 Å². The molecule has 0 atom stereocenters. The van der Waals surface area contributed by atoms with Crippen LogP contribution in [0.1, 0.15) is 15.9 Å². The molecule has 0 aliphatic rings. The van der Waals surface area contributed by atoms with Crippen molar-refractivity contribution in [3.63, 3.8) is 0 Å². The molecule has 0 N–H and O–H groups in total. The van der Waals surface area contributed by atoms with E-state index < -0.39 is 0 Å². The molecule has 2 rings (SSSR count). The number of halogens is 3. The van der Waals surface area contributed by atoms with E-state index in [1.807, 2.05) is 24.3 Å². The number of benzene rings is 1. The summed E-state index contributed by atoms with van der Waals surface area (Å²) in [4.78, 5) is 12.0. The lowest BCUT2D eigenvalue weighted by Gasteiger charge is -2.05. The second-order valence-corrected chi connectivity index (χ2v) is 8.35. The number of thiophene rings is 1. The van der Waals surface area contributed by atoms with E-state index in [0.29, 0.717) is 12.2 Å². The van der Waals surface area contributed by atoms with Crippen molar-refractivity contribution >= 4 is 64.9 Å². The number of rotatable bonds is 5. The molecular weight excluding hydrogens is 460 g/mol. The lowest BCUT2D eigenvalue weighted by Crippen LogP contribution is -2.08. The third kappa shape index (κ3) is 4.23. The number of carbonyl (C=O) groups excluding carboxylic acids is 1. The molecule has 0 radical (unpaired) electrons. The van der Waals surface area contributed by atoms with Crippen LogP contribution in [0.15, 0.2) is 42.4 Å². The first kappa shape index (κ1) is 15.4. The highest BCUT2D eigenvalue weighted by Gasteiger charge is 2.13. The van der Waals surface area contributed by atoms with Gasteiger partial charge in [-0.3, -0.25) is 4.79 Å². The third-order valence-electron chi connectivity index (χ3n) is 2.41. The second-order valence-electron chi connectivity index (χ2n) is 3.75. The van der Waals surface area contributed by atoms with Gasteiger partial charge in [-0.15, -0.1) is 11.3 Å². The summed E-state index contributed by atoms with van der Waals surface area (Å²) < 4.78 is 8.21. The monoisotopic (exact) mass is 466 g/mol. The van der Waals surface area contributed by atoms with Crippen molar-refractivity contribution in [2.24, 2.45) is 0 Å². The first-order chi connectivity index (χ1) is 9.08. The Hall–Kier alpha value is -0.0100. The molecular formula is C13H9Br3O2S. The molecule has 19 heavy (non-hydrogen) atoms. The highest BCUT2D eigenvalue weighted by atomic mass is 79.9. The van der Waals surface area contributed by atoms with Crippen molar-refractivity contribution in [1.82, 2.24) is 0 Å². The van der Waals surface area contributed by atoms with E-state index in [4.69, 9.17) is 4.74 Å². The van der Waals surface area contributed by atoms with Crippen LogP contribution >= 0.6 is 59.1 Å². The number of Topliss-reactive ketones (excluding diaryl/α,β-unsaturated/α-hetero) is 1. The summed E-state index contributed by atoms with van der Waals surface area (Å²) >= 11 is 11.7. The summed E-state index contributed by atoms with van der Waals surface area (Å²) in [5.41, 5.74) is 1.69. The van der Waals surface area contributed by atoms with Crippen LogP contribution in [-0.2, 0) is 11.3 Å². The fourth-order valence-corrected chi connectivity index (χ4v) is 4.73. The third-order valence-corrected chi connectivity index (χ3v) is 5.52. The van der Waals surface area contributed by atoms with Crippen LogP contribution in [0, 0.1) is 0 Å². The molecule has 1 aromatic heterocycles. The van der Waals surface area contributed by atoms with Gasteiger partial charge in [-0.25, -0.2) is 0 Å². The van der Waals surface area contributed by atoms with Crippen LogP contribution in [0.3, 0.4) is 0 Å². The molecule has 6 heteroatoms. The molecule has 2 nitrogen and oxygen atoms in total. The number of ether oxygens (including phenoxy) is 1. The molecule has 1 heterocycles. The van der Waals surface area contributed by atoms with Gasteiger partial charge in [-0.05, 0) is 49.6 Å². The average Bonchev–Trinajstić information content (AvgIpc) is 2.71. The summed E-state index contributed by atoms with van der Waals surface area (Å²) in [6, 6.07) is 9.61. The van der Waals surface area contributed by atoms with Gasteiger partial charge in [0.2, 0.25) is 0 Å². The summed E-state index contributed by atoms with van der Waals surface area (Å²) in [7, 11) is 0. The minimum absolute atomic E-state index is 0.0270. The predicted octanol–water partition coefficient (Wildman–Crippen LogP) is 5.44. The zero-order valence-electron chi connectivity index (χ0n) is 9.66. The molecule has 2 aromatic rings. The maximum Gasteiger partial charge on any atom is 0.190 e. The molecule has 0 aliphatic carbocycles. The topological polar surface area (TPSA) is 26.3 Å². The van der Waals surface area contributed by atoms with Crippen LogP contribution < -0.4 is 0 Å². The number of carbonyl (C=O) groups is 1. The maximum absolute atomic E-state index is 12.0. The normalized spacial score (nSPS) is 10.7. The van der Waals surface area contributed by atoms with Gasteiger partial charge in [-0.2, -0.15) is 0 Å². The van der Waals surface area contributed by atoms with Gasteiger partial charge < -0.3 is 4.74 Å². The second kappa shape index (κ2) is 7.13. The van der Waals surface area contributed by atoms with Crippen LogP contribution in [0.5, 0.6) is 0 Å². The van der Waals surface area contributed by atoms with Crippen molar-refractivity contribution < 1.29 is 9.53 Å². The molecule has 0 saturated carbocycles. The fraction of sp³-hybridized carbons (Fsp3) is 0.154. The zero-order chi connectivity index (χ0) is 13.8. The minimum Gasteiger partial charge on any atom is -0.369 e. The van der Waals surface area contributed by atoms with E-state index in [0.717, 1.165) is 17.6 Å². The number of hydrogen-bond donors (Lipinski definition) is 0. The summed E-state index contributed by atoms with van der Waals surface area (Å²) in [5.74, 6) is -0.0270. The van der Waals surface area contributed by atoms with Crippen LogP contribution in [0.4, 0.5) is 0 Å². The molecule has 0 fully saturated rings. The van der Waals surface area contributed by atoms with Gasteiger partial charge in [0, 0.05) is 10.0 Å². The van der Waals surface area contributed by atoms with Gasteiger partial charge in [-0.1, -0.05) is 34.1 Å². The van der Waals surface area contributed by atoms with E-state index in [-0.39, 0.29) is 12.4 Å². The maximum atomic E-state index is 12.0. The number of ketones is 1. The zero-order valence-corrected chi connectivity index (χ0v) is 15.2. The molecule has 0 spiro atoms. The Kier molecular flexibility index (Phi) is 5.77. The Morgan fingerprint density at radius 3 is 2.58 bits per heavy atom. The van der Waals surface area contributed by atoms with Gasteiger partial charge in [0.25, 0.3) is 0 Å². The van der Waals surface area contributed by atoms with Crippen molar-refractivity contribution in [3.05, 3.63) is 53.5 Å². The lowest BCUT2D eigenvalue weighted by atomic mass is 10.2. The summed E-state index contributed by atoms with van der Waals surface area (Å²) in [6.45, 7) is 0.485. The first-order valence-corrected chi connectivity index (χ1v) is 8.56. The van der Waals surface area contributed by atoms with E-state index in [2.05, 4.69) is 47.8 Å². The van der Waals surface area contributed by atoms with Gasteiger partial charge in [0.1, 0.15) is 6.61 Å². The largest absolute Gasteiger partial charge is 0.369 e. The van der Waals surface area contributed by atoms with E-state index in [1.165, 1.54) is 11.3 Å². The van der Waals surface area contributed by atoms with Crippen molar-refractivity contribution in [3.8, 4) is 0 Å². The predicted molar refractivity (Wildman–Crippen MR) is 87.8 cm³/mol. The standard InChI is InChI=1S/C13H9Br3O2S/c14-10-4-2-1-3-8(10)6-18-7-11(17)9-5-12(15)19-13(9)16/h1-5H,6-7H2. The van der Waals surface area contributed by atoms with E-state index in [1.54, 1.807) is 6.07 Å². The number of hydrogen-bond acceptors (Lipinski definition) is 3. The van der Waals surface area contributed by atoms with Crippen molar-refractivity contribution in [1.29, 1.82) is 0 Å². The smallest absolute Gasteiger partial charge is 0.190 e. The quantitative estimate of drug-likeness (QED) is 0.546. The van der Waals surface area contributed by atoms with Crippen molar-refractivity contribution in [2.75, 3.05) is 6.61 Å². The fourth-order valence-electron chi connectivity index (χ4n) is 1.48. The SMILES string of the molecule is O=C(COCc1ccccc1Br)c1cc(Br)sc1Br. The summed E-state index contributed by atoms with van der Waals surface area (Å²) in [5, 5.41) is 0. The Morgan fingerprint density at radius 2 is 1.95 bits per heavy atom. The molecule has 0 amide bonds. The molecule has 0 aliphatic heterocycles. The van der Waals surface area contributed by atoms with E-state index >= 15 is 0 Å². The van der Waals surface area contributed by atoms with Crippen LogP contribution in [0.25, 0.3) is 0 Å².